The first-order valence-corrected chi connectivity index (χ1v) is 6.63. The van der Waals surface area contributed by atoms with Crippen LogP contribution in [0.1, 0.15) is 56.9 Å². The minimum Gasteiger partial charge on any atom is -0.481 e. The molecule has 0 aliphatic carbocycles. The van der Waals surface area contributed by atoms with Gasteiger partial charge in [0.05, 0.1) is 5.92 Å². The van der Waals surface area contributed by atoms with Crippen molar-refractivity contribution < 1.29 is 14.3 Å². The molecule has 0 aliphatic rings. The molecule has 1 aromatic rings. The summed E-state index contributed by atoms with van der Waals surface area (Å²) in [6.07, 6.45) is 6.15. The van der Waals surface area contributed by atoms with Gasteiger partial charge in [0.1, 0.15) is 5.82 Å². The van der Waals surface area contributed by atoms with Gasteiger partial charge in [0.25, 0.3) is 0 Å². The maximum atomic E-state index is 12.8. The Morgan fingerprint density at radius 2 is 1.78 bits per heavy atom. The number of halogens is 1. The van der Waals surface area contributed by atoms with Crippen molar-refractivity contribution in [3.05, 3.63) is 35.6 Å². The van der Waals surface area contributed by atoms with E-state index in [1.807, 2.05) is 0 Å². The SMILES string of the molecule is CCCCCCCC(C(=O)O)c1ccc(F)cc1. The van der Waals surface area contributed by atoms with Crippen LogP contribution in [0.15, 0.2) is 24.3 Å². The number of hydrogen-bond donors (Lipinski definition) is 1. The number of benzene rings is 1. The van der Waals surface area contributed by atoms with Crippen molar-refractivity contribution in [1.82, 2.24) is 0 Å². The molecule has 0 saturated carbocycles. The largest absolute Gasteiger partial charge is 0.481 e. The molecule has 0 bridgehead atoms. The molecule has 18 heavy (non-hydrogen) atoms. The molecule has 100 valence electrons. The first kappa shape index (κ1) is 14.7. The molecule has 1 unspecified atom stereocenters. The zero-order chi connectivity index (χ0) is 13.4. The van der Waals surface area contributed by atoms with Gasteiger partial charge in [-0.2, -0.15) is 0 Å². The van der Waals surface area contributed by atoms with Crippen LogP contribution in [0.5, 0.6) is 0 Å². The Hall–Kier alpha value is -1.38. The molecule has 0 heterocycles. The fraction of sp³-hybridized carbons (Fsp3) is 0.533. The van der Waals surface area contributed by atoms with Crippen molar-refractivity contribution in [2.75, 3.05) is 0 Å². The van der Waals surface area contributed by atoms with Crippen LogP contribution in [0, 0.1) is 5.82 Å². The van der Waals surface area contributed by atoms with Crippen LogP contribution in [0.4, 0.5) is 4.39 Å². The zero-order valence-corrected chi connectivity index (χ0v) is 10.9. The topological polar surface area (TPSA) is 37.3 Å². The monoisotopic (exact) mass is 252 g/mol. The van der Waals surface area contributed by atoms with Crippen LogP contribution in [-0.4, -0.2) is 11.1 Å². The van der Waals surface area contributed by atoms with Crippen molar-refractivity contribution in [3.8, 4) is 0 Å². The van der Waals surface area contributed by atoms with Gasteiger partial charge < -0.3 is 5.11 Å². The molecular formula is C15H21FO2. The standard InChI is InChI=1S/C15H21FO2/c1-2-3-4-5-6-7-14(15(17)18)12-8-10-13(16)11-9-12/h8-11,14H,2-7H2,1H3,(H,17,18). The van der Waals surface area contributed by atoms with Gasteiger partial charge in [-0.3, -0.25) is 4.79 Å². The maximum Gasteiger partial charge on any atom is 0.310 e. The Labute approximate surface area is 108 Å². The minimum absolute atomic E-state index is 0.328. The Kier molecular flexibility index (Phi) is 6.40. The van der Waals surface area contributed by atoms with E-state index in [1.165, 1.54) is 25.0 Å². The van der Waals surface area contributed by atoms with Crippen LogP contribution in [0.3, 0.4) is 0 Å². The minimum atomic E-state index is -0.822. The first-order chi connectivity index (χ1) is 8.65. The lowest BCUT2D eigenvalue weighted by atomic mass is 9.93. The van der Waals surface area contributed by atoms with Gasteiger partial charge in [-0.15, -0.1) is 0 Å². The predicted molar refractivity (Wildman–Crippen MR) is 70.2 cm³/mol. The van der Waals surface area contributed by atoms with Crippen molar-refractivity contribution in [2.45, 2.75) is 51.4 Å². The number of carboxylic acids is 1. The lowest BCUT2D eigenvalue weighted by Crippen LogP contribution is -2.11. The molecule has 1 N–H and O–H groups in total. The second-order valence-electron chi connectivity index (χ2n) is 4.65. The van der Waals surface area contributed by atoms with Gasteiger partial charge in [-0.05, 0) is 24.1 Å². The molecule has 0 amide bonds. The van der Waals surface area contributed by atoms with Crippen molar-refractivity contribution in [3.63, 3.8) is 0 Å². The van der Waals surface area contributed by atoms with Crippen LogP contribution in [-0.2, 0) is 4.79 Å². The highest BCUT2D eigenvalue weighted by Crippen LogP contribution is 2.23. The molecule has 1 atom stereocenters. The molecule has 0 aliphatic heterocycles. The zero-order valence-electron chi connectivity index (χ0n) is 10.9. The molecule has 3 heteroatoms. The third kappa shape index (κ3) is 4.86. The van der Waals surface area contributed by atoms with Gasteiger partial charge in [-0.1, -0.05) is 51.2 Å². The van der Waals surface area contributed by atoms with E-state index in [9.17, 15) is 14.3 Å². The van der Waals surface area contributed by atoms with E-state index in [-0.39, 0.29) is 5.82 Å². The van der Waals surface area contributed by atoms with Gasteiger partial charge in [0.15, 0.2) is 0 Å². The summed E-state index contributed by atoms with van der Waals surface area (Å²) in [5.41, 5.74) is 0.694. The van der Waals surface area contributed by atoms with Crippen LogP contribution < -0.4 is 0 Å². The highest BCUT2D eigenvalue weighted by molar-refractivity contribution is 5.75. The van der Waals surface area contributed by atoms with Crippen LogP contribution in [0.2, 0.25) is 0 Å². The van der Waals surface area contributed by atoms with Crippen LogP contribution in [0.25, 0.3) is 0 Å². The summed E-state index contributed by atoms with van der Waals surface area (Å²) in [6, 6.07) is 5.78. The predicted octanol–water partition coefficient (Wildman–Crippen LogP) is 4.35. The number of carboxylic acid groups (broad SMARTS) is 1. The Morgan fingerprint density at radius 1 is 1.17 bits per heavy atom. The van der Waals surface area contributed by atoms with E-state index in [0.29, 0.717) is 12.0 Å². The normalized spacial score (nSPS) is 12.3. The van der Waals surface area contributed by atoms with Crippen molar-refractivity contribution in [2.24, 2.45) is 0 Å². The fourth-order valence-electron chi connectivity index (χ4n) is 2.08. The van der Waals surface area contributed by atoms with E-state index < -0.39 is 11.9 Å². The van der Waals surface area contributed by atoms with E-state index in [1.54, 1.807) is 12.1 Å². The molecule has 1 rings (SSSR count). The third-order valence-electron chi connectivity index (χ3n) is 3.17. The molecule has 1 aromatic carbocycles. The summed E-state index contributed by atoms with van der Waals surface area (Å²) in [5, 5.41) is 9.20. The molecular weight excluding hydrogens is 231 g/mol. The number of unbranched alkanes of at least 4 members (excludes halogenated alkanes) is 4. The molecule has 0 saturated heterocycles. The van der Waals surface area contributed by atoms with Crippen molar-refractivity contribution >= 4 is 5.97 Å². The number of carbonyl (C=O) groups is 1. The van der Waals surface area contributed by atoms with Crippen LogP contribution >= 0.6 is 0 Å². The van der Waals surface area contributed by atoms with E-state index >= 15 is 0 Å². The quantitative estimate of drug-likeness (QED) is 0.698. The summed E-state index contributed by atoms with van der Waals surface area (Å²) in [5.74, 6) is -1.66. The Bertz CT molecular complexity index is 359. The van der Waals surface area contributed by atoms with Gasteiger partial charge in [0.2, 0.25) is 0 Å². The average Bonchev–Trinajstić information content (AvgIpc) is 2.35. The summed E-state index contributed by atoms with van der Waals surface area (Å²) in [6.45, 7) is 2.15. The summed E-state index contributed by atoms with van der Waals surface area (Å²) in [7, 11) is 0. The summed E-state index contributed by atoms with van der Waals surface area (Å²) >= 11 is 0. The number of rotatable bonds is 8. The highest BCUT2D eigenvalue weighted by atomic mass is 19.1. The van der Waals surface area contributed by atoms with E-state index in [2.05, 4.69) is 6.92 Å². The lowest BCUT2D eigenvalue weighted by Gasteiger charge is -2.12. The molecule has 0 aromatic heterocycles. The van der Waals surface area contributed by atoms with Gasteiger partial charge >= 0.3 is 5.97 Å². The first-order valence-electron chi connectivity index (χ1n) is 6.63. The third-order valence-corrected chi connectivity index (χ3v) is 3.17. The average molecular weight is 252 g/mol. The van der Waals surface area contributed by atoms with Gasteiger partial charge in [-0.25, -0.2) is 4.39 Å². The lowest BCUT2D eigenvalue weighted by molar-refractivity contribution is -0.139. The molecule has 2 nitrogen and oxygen atoms in total. The molecule has 0 spiro atoms. The Morgan fingerprint density at radius 3 is 2.33 bits per heavy atom. The van der Waals surface area contributed by atoms with E-state index in [0.717, 1.165) is 19.3 Å². The molecule has 0 radical (unpaired) electrons. The Balaban J connectivity index is 2.50. The summed E-state index contributed by atoms with van der Waals surface area (Å²) in [4.78, 5) is 11.2. The fourth-order valence-corrected chi connectivity index (χ4v) is 2.08. The highest BCUT2D eigenvalue weighted by Gasteiger charge is 2.19. The van der Waals surface area contributed by atoms with E-state index in [4.69, 9.17) is 0 Å². The van der Waals surface area contributed by atoms with Crippen molar-refractivity contribution in [1.29, 1.82) is 0 Å². The number of aliphatic carboxylic acids is 1. The second kappa shape index (κ2) is 7.85. The molecule has 0 fully saturated rings. The second-order valence-corrected chi connectivity index (χ2v) is 4.65. The summed E-state index contributed by atoms with van der Waals surface area (Å²) < 4.78 is 12.8. The number of hydrogen-bond acceptors (Lipinski definition) is 1. The maximum absolute atomic E-state index is 12.8. The smallest absolute Gasteiger partial charge is 0.310 e. The van der Waals surface area contributed by atoms with Gasteiger partial charge in [0, 0.05) is 0 Å².